The molecule has 188 valence electrons. The van der Waals surface area contributed by atoms with Crippen LogP contribution in [0.15, 0.2) is 89.6 Å². The Morgan fingerprint density at radius 1 is 1.14 bits per heavy atom. The van der Waals surface area contributed by atoms with Crippen molar-refractivity contribution in [2.45, 2.75) is 18.5 Å². The highest BCUT2D eigenvalue weighted by Crippen LogP contribution is 2.29. The van der Waals surface area contributed by atoms with Crippen LogP contribution in [0, 0.1) is 6.92 Å². The number of hydrazone groups is 1. The van der Waals surface area contributed by atoms with E-state index in [0.717, 1.165) is 28.1 Å². The minimum atomic E-state index is -0.316. The molecule has 4 rings (SSSR count). The van der Waals surface area contributed by atoms with Gasteiger partial charge in [-0.1, -0.05) is 59.8 Å². The van der Waals surface area contributed by atoms with Gasteiger partial charge in [-0.05, 0) is 49.2 Å². The third-order valence-electron chi connectivity index (χ3n) is 5.51. The number of carbonyl (C=O) groups is 1. The molecule has 3 aromatic carbocycles. The number of rotatable bonds is 10. The van der Waals surface area contributed by atoms with Crippen LogP contribution in [0.1, 0.15) is 16.7 Å². The Balaban J connectivity index is 1.50. The van der Waals surface area contributed by atoms with E-state index in [9.17, 15) is 9.90 Å². The standard InChI is InChI=1S/C28H27N5O3S/c1-4-6-20-7-5-8-22(26(20)35)17-29-30-25(34)18-37-28-32-31-27(21-11-9-19(2)10-12-21)33(28)23-13-15-24(36-3)16-14-23/h4-5,7-17,35H,1,6,18H2,2-3H3,(H,30,34). The molecule has 0 spiro atoms. The minimum absolute atomic E-state index is 0.0714. The highest BCUT2D eigenvalue weighted by molar-refractivity contribution is 7.99. The molecule has 8 nitrogen and oxygen atoms in total. The van der Waals surface area contributed by atoms with Gasteiger partial charge in [0, 0.05) is 16.8 Å². The zero-order valence-electron chi connectivity index (χ0n) is 20.6. The fourth-order valence-electron chi connectivity index (χ4n) is 3.59. The molecular formula is C28H27N5O3S. The average Bonchev–Trinajstić information content (AvgIpc) is 3.34. The van der Waals surface area contributed by atoms with Crippen molar-refractivity contribution in [2.75, 3.05) is 12.9 Å². The summed E-state index contributed by atoms with van der Waals surface area (Å²) in [5.74, 6) is 1.28. The van der Waals surface area contributed by atoms with Crippen LogP contribution < -0.4 is 10.2 Å². The molecule has 0 aliphatic heterocycles. The second kappa shape index (κ2) is 12.0. The number of benzene rings is 3. The van der Waals surface area contributed by atoms with Crippen LogP contribution in [-0.4, -0.2) is 44.9 Å². The predicted molar refractivity (Wildman–Crippen MR) is 147 cm³/mol. The fraction of sp³-hybridized carbons (Fsp3) is 0.143. The summed E-state index contributed by atoms with van der Waals surface area (Å²) in [6.45, 7) is 5.72. The first-order valence-corrected chi connectivity index (χ1v) is 12.5. The number of aromatic nitrogens is 3. The Kier molecular flexibility index (Phi) is 8.37. The van der Waals surface area contributed by atoms with Crippen molar-refractivity contribution in [1.29, 1.82) is 0 Å². The summed E-state index contributed by atoms with van der Waals surface area (Å²) < 4.78 is 7.20. The molecule has 37 heavy (non-hydrogen) atoms. The van der Waals surface area contributed by atoms with E-state index in [1.54, 1.807) is 19.3 Å². The topological polar surface area (TPSA) is 102 Å². The van der Waals surface area contributed by atoms with E-state index < -0.39 is 0 Å². The van der Waals surface area contributed by atoms with Crippen LogP contribution >= 0.6 is 11.8 Å². The van der Waals surface area contributed by atoms with Crippen molar-refractivity contribution in [3.63, 3.8) is 0 Å². The number of allylic oxidation sites excluding steroid dienone is 1. The lowest BCUT2D eigenvalue weighted by Crippen LogP contribution is -2.20. The highest BCUT2D eigenvalue weighted by atomic mass is 32.2. The number of ether oxygens (including phenoxy) is 1. The summed E-state index contributed by atoms with van der Waals surface area (Å²) in [7, 11) is 1.62. The quantitative estimate of drug-likeness (QED) is 0.135. The van der Waals surface area contributed by atoms with Gasteiger partial charge in [-0.25, -0.2) is 5.43 Å². The van der Waals surface area contributed by atoms with E-state index in [1.165, 1.54) is 18.0 Å². The van der Waals surface area contributed by atoms with Gasteiger partial charge >= 0.3 is 0 Å². The second-order valence-electron chi connectivity index (χ2n) is 8.14. The highest BCUT2D eigenvalue weighted by Gasteiger charge is 2.17. The van der Waals surface area contributed by atoms with Gasteiger partial charge in [-0.15, -0.1) is 16.8 Å². The molecule has 0 atom stereocenters. The smallest absolute Gasteiger partial charge is 0.250 e. The predicted octanol–water partition coefficient (Wildman–Crippen LogP) is 4.93. The van der Waals surface area contributed by atoms with Crippen LogP contribution in [0.25, 0.3) is 17.1 Å². The van der Waals surface area contributed by atoms with Gasteiger partial charge in [0.2, 0.25) is 0 Å². The molecule has 0 saturated carbocycles. The number of thioether (sulfide) groups is 1. The number of carbonyl (C=O) groups excluding carboxylic acids is 1. The summed E-state index contributed by atoms with van der Waals surface area (Å²) in [5, 5.41) is 23.7. The molecule has 0 unspecified atom stereocenters. The van der Waals surface area contributed by atoms with Crippen molar-refractivity contribution < 1.29 is 14.6 Å². The molecule has 1 amide bonds. The number of para-hydroxylation sites is 1. The van der Waals surface area contributed by atoms with Gasteiger partial charge in [-0.2, -0.15) is 5.10 Å². The number of aryl methyl sites for hydroxylation is 1. The first kappa shape index (κ1) is 25.7. The van der Waals surface area contributed by atoms with Gasteiger partial charge in [0.25, 0.3) is 5.91 Å². The number of methoxy groups -OCH3 is 1. The number of aromatic hydroxyl groups is 1. The number of hydrogen-bond acceptors (Lipinski definition) is 7. The molecule has 2 N–H and O–H groups in total. The monoisotopic (exact) mass is 513 g/mol. The number of nitrogens with zero attached hydrogens (tertiary/aromatic N) is 4. The summed E-state index contributed by atoms with van der Waals surface area (Å²) >= 11 is 1.25. The van der Waals surface area contributed by atoms with Crippen LogP contribution in [0.2, 0.25) is 0 Å². The van der Waals surface area contributed by atoms with E-state index in [4.69, 9.17) is 4.74 Å². The van der Waals surface area contributed by atoms with Crippen LogP contribution in [0.5, 0.6) is 11.5 Å². The third kappa shape index (κ3) is 6.25. The maximum atomic E-state index is 12.5. The molecule has 0 aliphatic rings. The molecule has 0 radical (unpaired) electrons. The fourth-order valence-corrected chi connectivity index (χ4v) is 4.33. The molecular weight excluding hydrogens is 486 g/mol. The maximum Gasteiger partial charge on any atom is 0.250 e. The average molecular weight is 514 g/mol. The molecule has 0 fully saturated rings. The third-order valence-corrected chi connectivity index (χ3v) is 6.44. The van der Waals surface area contributed by atoms with E-state index >= 15 is 0 Å². The van der Waals surface area contributed by atoms with E-state index in [1.807, 2.05) is 72.2 Å². The van der Waals surface area contributed by atoms with Crippen LogP contribution in [-0.2, 0) is 11.2 Å². The number of phenols is 1. The Labute approximate surface area is 219 Å². The maximum absolute atomic E-state index is 12.5. The number of phenolic OH excluding ortho intramolecular Hbond substituents is 1. The van der Waals surface area contributed by atoms with Crippen molar-refractivity contribution in [2.24, 2.45) is 5.10 Å². The lowest BCUT2D eigenvalue weighted by molar-refractivity contribution is -0.118. The van der Waals surface area contributed by atoms with E-state index in [-0.39, 0.29) is 17.4 Å². The Morgan fingerprint density at radius 3 is 2.59 bits per heavy atom. The molecule has 1 heterocycles. The van der Waals surface area contributed by atoms with Crippen molar-refractivity contribution >= 4 is 23.9 Å². The van der Waals surface area contributed by atoms with Crippen LogP contribution in [0.3, 0.4) is 0 Å². The molecule has 0 aliphatic carbocycles. The van der Waals surface area contributed by atoms with Gasteiger partial charge in [-0.3, -0.25) is 9.36 Å². The summed E-state index contributed by atoms with van der Waals surface area (Å²) in [6.07, 6.45) is 3.67. The minimum Gasteiger partial charge on any atom is -0.507 e. The molecule has 9 heteroatoms. The van der Waals surface area contributed by atoms with E-state index in [2.05, 4.69) is 27.3 Å². The SMILES string of the molecule is C=CCc1cccc(C=NNC(=O)CSc2nnc(-c3ccc(C)cc3)n2-c2ccc(OC)cc2)c1O. The Hall–Kier alpha value is -4.37. The molecule has 1 aromatic heterocycles. The zero-order chi connectivity index (χ0) is 26.2. The lowest BCUT2D eigenvalue weighted by atomic mass is 10.1. The first-order valence-electron chi connectivity index (χ1n) is 11.5. The van der Waals surface area contributed by atoms with Crippen molar-refractivity contribution in [1.82, 2.24) is 20.2 Å². The van der Waals surface area contributed by atoms with Gasteiger partial charge in [0.1, 0.15) is 11.5 Å². The summed E-state index contributed by atoms with van der Waals surface area (Å²) in [4.78, 5) is 12.5. The largest absolute Gasteiger partial charge is 0.507 e. The van der Waals surface area contributed by atoms with Crippen LogP contribution in [0.4, 0.5) is 0 Å². The zero-order valence-corrected chi connectivity index (χ0v) is 21.4. The second-order valence-corrected chi connectivity index (χ2v) is 9.08. The lowest BCUT2D eigenvalue weighted by Gasteiger charge is -2.11. The molecule has 0 saturated heterocycles. The van der Waals surface area contributed by atoms with Crippen molar-refractivity contribution in [3.8, 4) is 28.6 Å². The number of amides is 1. The van der Waals surface area contributed by atoms with Gasteiger partial charge in [0.15, 0.2) is 11.0 Å². The number of nitrogens with one attached hydrogen (secondary N) is 1. The van der Waals surface area contributed by atoms with Gasteiger partial charge in [0.05, 0.1) is 19.1 Å². The van der Waals surface area contributed by atoms with E-state index in [0.29, 0.717) is 23.0 Å². The summed E-state index contributed by atoms with van der Waals surface area (Å²) in [6, 6.07) is 20.9. The normalized spacial score (nSPS) is 11.0. The Morgan fingerprint density at radius 2 is 1.89 bits per heavy atom. The van der Waals surface area contributed by atoms with Crippen molar-refractivity contribution in [3.05, 3.63) is 96.1 Å². The van der Waals surface area contributed by atoms with Gasteiger partial charge < -0.3 is 9.84 Å². The summed E-state index contributed by atoms with van der Waals surface area (Å²) in [5.41, 5.74) is 6.65. The first-order chi connectivity index (χ1) is 18.0. The Bertz CT molecular complexity index is 1410. The molecule has 0 bridgehead atoms. The molecule has 4 aromatic rings. The number of hydrogen-bond donors (Lipinski definition) is 2.